The summed E-state index contributed by atoms with van der Waals surface area (Å²) in [4.78, 5) is 26.3. The van der Waals surface area contributed by atoms with E-state index in [9.17, 15) is 9.59 Å². The molecule has 0 atom stereocenters. The van der Waals surface area contributed by atoms with Crippen LogP contribution in [0.25, 0.3) is 0 Å². The van der Waals surface area contributed by atoms with Gasteiger partial charge in [0.2, 0.25) is 0 Å². The predicted molar refractivity (Wildman–Crippen MR) is 89.6 cm³/mol. The smallest absolute Gasteiger partial charge is 0.313 e. The Balaban J connectivity index is 1.61. The second-order valence-corrected chi connectivity index (χ2v) is 6.60. The molecule has 0 bridgehead atoms. The first-order valence-corrected chi connectivity index (χ1v) is 8.48. The minimum absolute atomic E-state index is 0.267. The Morgan fingerprint density at radius 2 is 1.75 bits per heavy atom. The van der Waals surface area contributed by atoms with Crippen LogP contribution in [0.5, 0.6) is 0 Å². The van der Waals surface area contributed by atoms with Crippen LogP contribution < -0.4 is 5.32 Å². The largest absolute Gasteiger partial charge is 0.347 e. The first-order valence-electron chi connectivity index (χ1n) is 8.48. The van der Waals surface area contributed by atoms with Crippen molar-refractivity contribution in [1.29, 1.82) is 0 Å². The number of carbonyl (C=O) groups is 2. The third kappa shape index (κ3) is 3.44. The minimum Gasteiger partial charge on any atom is -0.347 e. The van der Waals surface area contributed by atoms with Gasteiger partial charge in [-0.3, -0.25) is 9.59 Å². The quantitative estimate of drug-likeness (QED) is 0.842. The Morgan fingerprint density at radius 1 is 1.12 bits per heavy atom. The molecule has 2 aliphatic heterocycles. The Morgan fingerprint density at radius 3 is 2.38 bits per heavy atom. The van der Waals surface area contributed by atoms with E-state index in [1.165, 1.54) is 0 Å². The highest BCUT2D eigenvalue weighted by Gasteiger charge is 2.41. The van der Waals surface area contributed by atoms with E-state index in [0.29, 0.717) is 44.8 Å². The van der Waals surface area contributed by atoms with E-state index in [0.717, 1.165) is 5.56 Å². The first-order chi connectivity index (χ1) is 11.5. The van der Waals surface area contributed by atoms with Crippen molar-refractivity contribution in [2.24, 2.45) is 0 Å². The average Bonchev–Trinajstić information content (AvgIpc) is 3.03. The second kappa shape index (κ2) is 6.91. The van der Waals surface area contributed by atoms with Gasteiger partial charge in [0.25, 0.3) is 0 Å². The van der Waals surface area contributed by atoms with Crippen molar-refractivity contribution in [2.75, 3.05) is 31.6 Å². The molecule has 24 heavy (non-hydrogen) atoms. The molecule has 2 heterocycles. The lowest BCUT2D eigenvalue weighted by Crippen LogP contribution is -2.50. The van der Waals surface area contributed by atoms with E-state index in [1.807, 2.05) is 24.3 Å². The molecular weight excluding hydrogens is 308 g/mol. The third-order valence-electron chi connectivity index (χ3n) is 4.65. The van der Waals surface area contributed by atoms with E-state index < -0.39 is 17.6 Å². The van der Waals surface area contributed by atoms with Gasteiger partial charge in [0.1, 0.15) is 0 Å². The number of carbonyl (C=O) groups excluding carboxylic acids is 2. The van der Waals surface area contributed by atoms with Gasteiger partial charge in [-0.05, 0) is 17.5 Å². The molecule has 1 N–H and O–H groups in total. The van der Waals surface area contributed by atoms with Crippen molar-refractivity contribution in [3.8, 4) is 0 Å². The van der Waals surface area contributed by atoms with Crippen LogP contribution in [-0.4, -0.2) is 48.8 Å². The summed E-state index contributed by atoms with van der Waals surface area (Å²) in [6.45, 7) is 6.24. The number of para-hydroxylation sites is 1. The fourth-order valence-corrected chi connectivity index (χ4v) is 3.27. The number of ether oxygens (including phenoxy) is 2. The lowest BCUT2D eigenvalue weighted by atomic mass is 10.0. The predicted octanol–water partition coefficient (Wildman–Crippen LogP) is 2.11. The molecule has 130 valence electrons. The lowest BCUT2D eigenvalue weighted by Gasteiger charge is -2.37. The SMILES string of the molecule is CC(C)c1ccccc1NC(=O)C(=O)N1CCC2(CC1)OCCO2. The normalized spacial score (nSPS) is 19.7. The number of anilines is 1. The van der Waals surface area contributed by atoms with Crippen LogP contribution in [0.1, 0.15) is 38.2 Å². The molecule has 2 saturated heterocycles. The molecule has 0 aromatic heterocycles. The zero-order chi connectivity index (χ0) is 17.2. The maximum atomic E-state index is 12.4. The number of likely N-dealkylation sites (tertiary alicyclic amines) is 1. The van der Waals surface area contributed by atoms with Gasteiger partial charge in [-0.25, -0.2) is 0 Å². The molecule has 0 radical (unpaired) electrons. The number of rotatable bonds is 2. The van der Waals surface area contributed by atoms with E-state index in [2.05, 4.69) is 19.2 Å². The number of amides is 2. The van der Waals surface area contributed by atoms with Crippen LogP contribution in [0.4, 0.5) is 5.69 Å². The molecule has 1 aromatic rings. The summed E-state index contributed by atoms with van der Waals surface area (Å²) in [5.41, 5.74) is 1.71. The fraction of sp³-hybridized carbons (Fsp3) is 0.556. The summed E-state index contributed by atoms with van der Waals surface area (Å²) < 4.78 is 11.3. The highest BCUT2D eigenvalue weighted by atomic mass is 16.7. The molecule has 1 aromatic carbocycles. The van der Waals surface area contributed by atoms with Crippen LogP contribution in [0.3, 0.4) is 0 Å². The minimum atomic E-state index is -0.590. The summed E-state index contributed by atoms with van der Waals surface area (Å²) in [5.74, 6) is -1.37. The van der Waals surface area contributed by atoms with Gasteiger partial charge in [-0.2, -0.15) is 0 Å². The molecule has 2 fully saturated rings. The van der Waals surface area contributed by atoms with Gasteiger partial charge in [-0.1, -0.05) is 32.0 Å². The van der Waals surface area contributed by atoms with Crippen molar-refractivity contribution < 1.29 is 19.1 Å². The van der Waals surface area contributed by atoms with Crippen LogP contribution in [-0.2, 0) is 19.1 Å². The number of nitrogens with zero attached hydrogens (tertiary/aromatic N) is 1. The van der Waals surface area contributed by atoms with Crippen LogP contribution in [0.15, 0.2) is 24.3 Å². The van der Waals surface area contributed by atoms with E-state index in [4.69, 9.17) is 9.47 Å². The van der Waals surface area contributed by atoms with Crippen molar-refractivity contribution in [2.45, 2.75) is 38.4 Å². The zero-order valence-corrected chi connectivity index (χ0v) is 14.2. The van der Waals surface area contributed by atoms with Crippen LogP contribution >= 0.6 is 0 Å². The number of hydrogen-bond acceptors (Lipinski definition) is 4. The highest BCUT2D eigenvalue weighted by Crippen LogP contribution is 2.31. The van der Waals surface area contributed by atoms with Gasteiger partial charge in [0.05, 0.1) is 13.2 Å². The first kappa shape index (κ1) is 16.9. The lowest BCUT2D eigenvalue weighted by molar-refractivity contribution is -0.187. The van der Waals surface area contributed by atoms with Crippen LogP contribution in [0.2, 0.25) is 0 Å². The Hall–Kier alpha value is -1.92. The summed E-state index contributed by atoms with van der Waals surface area (Å²) in [5, 5.41) is 2.76. The molecule has 0 aliphatic carbocycles. The van der Waals surface area contributed by atoms with Gasteiger partial charge < -0.3 is 19.7 Å². The number of benzene rings is 1. The zero-order valence-electron chi connectivity index (χ0n) is 14.2. The van der Waals surface area contributed by atoms with Gasteiger partial charge in [0, 0.05) is 31.6 Å². The van der Waals surface area contributed by atoms with Crippen molar-refractivity contribution in [3.63, 3.8) is 0 Å². The molecular formula is C18H24N2O4. The Labute approximate surface area is 142 Å². The summed E-state index contributed by atoms with van der Waals surface area (Å²) in [6.07, 6.45) is 1.21. The number of hydrogen-bond donors (Lipinski definition) is 1. The molecule has 2 amide bonds. The number of nitrogens with one attached hydrogen (secondary N) is 1. The maximum Gasteiger partial charge on any atom is 0.313 e. The molecule has 3 rings (SSSR count). The maximum absolute atomic E-state index is 12.4. The third-order valence-corrected chi connectivity index (χ3v) is 4.65. The molecule has 1 spiro atoms. The van der Waals surface area contributed by atoms with Crippen LogP contribution in [0, 0.1) is 0 Å². The van der Waals surface area contributed by atoms with Gasteiger partial charge in [0.15, 0.2) is 5.79 Å². The Kier molecular flexibility index (Phi) is 4.87. The highest BCUT2D eigenvalue weighted by molar-refractivity contribution is 6.39. The van der Waals surface area contributed by atoms with E-state index >= 15 is 0 Å². The Bertz CT molecular complexity index is 613. The summed E-state index contributed by atoms with van der Waals surface area (Å²) in [6, 6.07) is 7.57. The van der Waals surface area contributed by atoms with E-state index in [1.54, 1.807) is 4.90 Å². The standard InChI is InChI=1S/C18H24N2O4/c1-13(2)14-5-3-4-6-15(14)19-16(21)17(22)20-9-7-18(8-10-20)23-11-12-24-18/h3-6,13H,7-12H2,1-2H3,(H,19,21). The summed E-state index contributed by atoms with van der Waals surface area (Å²) in [7, 11) is 0. The van der Waals surface area contributed by atoms with Crippen molar-refractivity contribution in [1.82, 2.24) is 4.90 Å². The second-order valence-electron chi connectivity index (χ2n) is 6.60. The topological polar surface area (TPSA) is 67.9 Å². The van der Waals surface area contributed by atoms with Gasteiger partial charge in [-0.15, -0.1) is 0 Å². The molecule has 6 nitrogen and oxygen atoms in total. The molecule has 2 aliphatic rings. The molecule has 0 unspecified atom stereocenters. The average molecular weight is 332 g/mol. The molecule has 6 heteroatoms. The fourth-order valence-electron chi connectivity index (χ4n) is 3.27. The van der Waals surface area contributed by atoms with Crippen molar-refractivity contribution in [3.05, 3.63) is 29.8 Å². The summed E-state index contributed by atoms with van der Waals surface area (Å²) >= 11 is 0. The molecule has 0 saturated carbocycles. The van der Waals surface area contributed by atoms with Gasteiger partial charge >= 0.3 is 11.8 Å². The van der Waals surface area contributed by atoms with Crippen molar-refractivity contribution >= 4 is 17.5 Å². The van der Waals surface area contributed by atoms with E-state index in [-0.39, 0.29) is 5.92 Å². The number of piperidine rings is 1. The monoisotopic (exact) mass is 332 g/mol.